The van der Waals surface area contributed by atoms with Gasteiger partial charge in [-0.15, -0.1) is 23.1 Å². The predicted molar refractivity (Wildman–Crippen MR) is 152 cm³/mol. The van der Waals surface area contributed by atoms with E-state index in [-0.39, 0.29) is 51.5 Å². The fourth-order valence-electron chi connectivity index (χ4n) is 4.26. The fourth-order valence-corrected chi connectivity index (χ4v) is 6.18. The number of ether oxygens (including phenoxy) is 3. The van der Waals surface area contributed by atoms with E-state index in [0.717, 1.165) is 47.9 Å². The monoisotopic (exact) mass is 647 g/mol. The summed E-state index contributed by atoms with van der Waals surface area (Å²) < 4.78 is 15.0. The number of fused-ring (bicyclic) bond motifs is 1. The van der Waals surface area contributed by atoms with Crippen molar-refractivity contribution in [3.05, 3.63) is 46.1 Å². The number of nitrogen functional groups attached to an aromatic ring is 1. The van der Waals surface area contributed by atoms with Crippen LogP contribution in [0.1, 0.15) is 42.9 Å². The van der Waals surface area contributed by atoms with Gasteiger partial charge >= 0.3 is 23.9 Å². The van der Waals surface area contributed by atoms with Crippen LogP contribution < -0.4 is 25.8 Å². The minimum absolute atomic E-state index is 0.0600. The Bertz CT molecular complexity index is 1600. The summed E-state index contributed by atoms with van der Waals surface area (Å²) in [5.74, 6) is -6.05. The molecule has 1 saturated heterocycles. The molecule has 0 spiro atoms. The average molecular weight is 648 g/mol. The number of carbonyl (C=O) groups is 7. The molecule has 0 radical (unpaired) electrons. The highest BCUT2D eigenvalue weighted by Gasteiger charge is 2.54. The van der Waals surface area contributed by atoms with Gasteiger partial charge in [-0.05, 0) is 18.2 Å². The Morgan fingerprint density at radius 2 is 1.77 bits per heavy atom. The van der Waals surface area contributed by atoms with Gasteiger partial charge in [0.25, 0.3) is 11.8 Å². The van der Waals surface area contributed by atoms with Gasteiger partial charge in [-0.25, -0.2) is 9.78 Å². The first-order valence-electron chi connectivity index (χ1n) is 12.6. The number of thioether (sulfide) groups is 1. The molecule has 0 bridgehead atoms. The summed E-state index contributed by atoms with van der Waals surface area (Å²) in [6, 6.07) is 1.04. The lowest BCUT2D eigenvalue weighted by Crippen LogP contribution is -2.71. The highest BCUT2D eigenvalue weighted by Crippen LogP contribution is 2.40. The largest absolute Gasteiger partial charge is 0.477 e. The number of carboxylic acids is 1. The second kappa shape index (κ2) is 13.1. The number of aromatic nitrogens is 1. The number of esters is 3. The summed E-state index contributed by atoms with van der Waals surface area (Å²) in [6.45, 7) is 3.11. The lowest BCUT2D eigenvalue weighted by atomic mass is 10.0. The normalized spacial score (nSPS) is 17.9. The van der Waals surface area contributed by atoms with Crippen LogP contribution >= 0.6 is 23.1 Å². The van der Waals surface area contributed by atoms with Crippen molar-refractivity contribution in [1.82, 2.24) is 20.5 Å². The number of benzene rings is 1. The second-order valence-corrected chi connectivity index (χ2v) is 11.3. The van der Waals surface area contributed by atoms with Crippen molar-refractivity contribution in [2.45, 2.75) is 38.2 Å². The highest BCUT2D eigenvalue weighted by molar-refractivity contribution is 8.00. The number of amides is 3. The van der Waals surface area contributed by atoms with E-state index in [4.69, 9.17) is 19.9 Å². The van der Waals surface area contributed by atoms with E-state index in [9.17, 15) is 38.7 Å². The smallest absolute Gasteiger partial charge is 0.352 e. The van der Waals surface area contributed by atoms with E-state index < -0.39 is 59.1 Å². The van der Waals surface area contributed by atoms with E-state index in [1.54, 1.807) is 0 Å². The zero-order chi connectivity index (χ0) is 32.3. The van der Waals surface area contributed by atoms with Crippen LogP contribution in [0.25, 0.3) is 0 Å². The third-order valence-corrected chi connectivity index (χ3v) is 8.12. The van der Waals surface area contributed by atoms with Gasteiger partial charge in [0.2, 0.25) is 5.91 Å². The minimum Gasteiger partial charge on any atom is -0.477 e. The van der Waals surface area contributed by atoms with Gasteiger partial charge in [-0.1, -0.05) is 0 Å². The Morgan fingerprint density at radius 1 is 1.09 bits per heavy atom. The number of nitrogens with zero attached hydrogens (tertiary/aromatic N) is 2. The molecule has 3 atom stereocenters. The first-order valence-corrected chi connectivity index (χ1v) is 14.6. The van der Waals surface area contributed by atoms with E-state index in [1.807, 2.05) is 0 Å². The third-order valence-electron chi connectivity index (χ3n) is 6.08. The molecule has 18 heteroatoms. The molecular formula is C26H25N5O11S2. The maximum Gasteiger partial charge on any atom is 0.352 e. The van der Waals surface area contributed by atoms with Gasteiger partial charge in [0.15, 0.2) is 22.7 Å². The maximum atomic E-state index is 13.5. The second-order valence-electron chi connectivity index (χ2n) is 9.30. The number of aliphatic carboxylic acids is 1. The lowest BCUT2D eigenvalue weighted by molar-refractivity contribution is -0.151. The molecular weight excluding hydrogens is 622 g/mol. The molecule has 3 amide bonds. The predicted octanol–water partition coefficient (Wildman–Crippen LogP) is 0.349. The Morgan fingerprint density at radius 3 is 2.36 bits per heavy atom. The summed E-state index contributed by atoms with van der Waals surface area (Å²) in [5, 5.41) is 15.6. The molecule has 5 N–H and O–H groups in total. The van der Waals surface area contributed by atoms with Crippen molar-refractivity contribution in [2.24, 2.45) is 0 Å². The van der Waals surface area contributed by atoms with Crippen molar-refractivity contribution < 1.29 is 52.9 Å². The number of hydrogen-bond acceptors (Lipinski definition) is 14. The number of carbonyl (C=O) groups excluding carboxylic acids is 6. The third kappa shape index (κ3) is 6.97. The molecule has 2 aliphatic heterocycles. The SMILES string of the molecule is CC(=O)OCC1=C(C(=O)O)N2C(=O)C(NC(=O)C(NC(=O)c3ccc(OC(C)=O)c(OC(C)=O)c3)c3csc(N)n3)[C@H]2SC1. The van der Waals surface area contributed by atoms with Gasteiger partial charge in [0.1, 0.15) is 23.7 Å². The van der Waals surface area contributed by atoms with Crippen LogP contribution in [-0.4, -0.2) is 80.4 Å². The summed E-state index contributed by atoms with van der Waals surface area (Å²) in [7, 11) is 0. The average Bonchev–Trinajstić information content (AvgIpc) is 3.38. The molecule has 3 heterocycles. The van der Waals surface area contributed by atoms with Crippen LogP contribution in [0.3, 0.4) is 0 Å². The molecule has 4 rings (SSSR count). The zero-order valence-corrected chi connectivity index (χ0v) is 24.9. The van der Waals surface area contributed by atoms with E-state index in [1.165, 1.54) is 24.4 Å². The number of thiazole rings is 1. The Balaban J connectivity index is 1.55. The quantitative estimate of drug-likeness (QED) is 0.155. The Kier molecular flexibility index (Phi) is 9.53. The van der Waals surface area contributed by atoms with Crippen LogP contribution in [0.4, 0.5) is 5.13 Å². The molecule has 0 saturated carbocycles. The number of rotatable bonds is 10. The molecule has 1 aromatic heterocycles. The first kappa shape index (κ1) is 32.0. The van der Waals surface area contributed by atoms with Crippen molar-refractivity contribution in [3.63, 3.8) is 0 Å². The van der Waals surface area contributed by atoms with Crippen LogP contribution in [0.2, 0.25) is 0 Å². The topological polar surface area (TPSA) is 234 Å². The summed E-state index contributed by atoms with van der Waals surface area (Å²) in [4.78, 5) is 91.1. The number of β-lactam (4-membered cyclic amide) rings is 1. The van der Waals surface area contributed by atoms with Crippen LogP contribution in [-0.2, 0) is 33.5 Å². The number of nitrogens with one attached hydrogen (secondary N) is 2. The standard InChI is InChI=1S/C26H25N5O11S2/c1-10(32)40-7-14-8-43-24-19(23(37)31(24)20(14)25(38)39)30-22(36)18(15-9-44-26(27)28-15)29-21(35)13-4-5-16(41-11(2)33)17(6-13)42-12(3)34/h4-6,9,18-19,24H,7-8H2,1-3H3,(H2,27,28)(H,29,35)(H,30,36)(H,38,39)/t18?,19?,24-/m1/s1. The van der Waals surface area contributed by atoms with E-state index in [2.05, 4.69) is 15.6 Å². The molecule has 44 heavy (non-hydrogen) atoms. The number of anilines is 1. The molecule has 0 aliphatic carbocycles. The van der Waals surface area contributed by atoms with Crippen LogP contribution in [0.5, 0.6) is 11.5 Å². The Hall–Kier alpha value is -4.97. The molecule has 2 aromatic rings. The summed E-state index contributed by atoms with van der Waals surface area (Å²) >= 11 is 2.16. The molecule has 2 unspecified atom stereocenters. The van der Waals surface area contributed by atoms with E-state index >= 15 is 0 Å². The van der Waals surface area contributed by atoms with Gasteiger partial charge in [-0.3, -0.25) is 33.7 Å². The zero-order valence-electron chi connectivity index (χ0n) is 23.3. The molecule has 232 valence electrons. The molecule has 2 aliphatic rings. The van der Waals surface area contributed by atoms with Gasteiger partial charge in [-0.2, -0.15) is 0 Å². The van der Waals surface area contributed by atoms with Crippen molar-refractivity contribution in [1.29, 1.82) is 0 Å². The Labute approximate surface area is 256 Å². The van der Waals surface area contributed by atoms with Crippen LogP contribution in [0, 0.1) is 0 Å². The van der Waals surface area contributed by atoms with E-state index in [0.29, 0.717) is 0 Å². The van der Waals surface area contributed by atoms with Gasteiger partial charge in [0, 0.05) is 43.0 Å². The summed E-state index contributed by atoms with van der Waals surface area (Å²) in [6.07, 6.45) is 0. The number of hydrogen-bond donors (Lipinski definition) is 4. The molecule has 16 nitrogen and oxygen atoms in total. The number of carboxylic acid groups (broad SMARTS) is 1. The molecule has 1 fully saturated rings. The lowest BCUT2D eigenvalue weighted by Gasteiger charge is -2.49. The van der Waals surface area contributed by atoms with Gasteiger partial charge < -0.3 is 35.7 Å². The van der Waals surface area contributed by atoms with Crippen molar-refractivity contribution >= 4 is 69.8 Å². The summed E-state index contributed by atoms with van der Waals surface area (Å²) in [5.41, 5.74) is 5.62. The fraction of sp³-hybridized carbons (Fsp3) is 0.308. The van der Waals surface area contributed by atoms with Crippen molar-refractivity contribution in [2.75, 3.05) is 18.1 Å². The first-order chi connectivity index (χ1) is 20.8. The maximum absolute atomic E-state index is 13.5. The van der Waals surface area contributed by atoms with Gasteiger partial charge in [0.05, 0.1) is 5.69 Å². The number of nitrogens with two attached hydrogens (primary N) is 1. The van der Waals surface area contributed by atoms with Crippen molar-refractivity contribution in [3.8, 4) is 11.5 Å². The molecule has 1 aromatic carbocycles. The van der Waals surface area contributed by atoms with Crippen LogP contribution in [0.15, 0.2) is 34.8 Å². The minimum atomic E-state index is -1.45. The highest BCUT2D eigenvalue weighted by atomic mass is 32.2.